The summed E-state index contributed by atoms with van der Waals surface area (Å²) in [6.45, 7) is 0. The molecule has 0 radical (unpaired) electrons. The highest BCUT2D eigenvalue weighted by Gasteiger charge is 2.06. The van der Waals surface area contributed by atoms with E-state index < -0.39 is 0 Å². The first-order chi connectivity index (χ1) is 9.74. The second-order valence-electron chi connectivity index (χ2n) is 4.18. The molecule has 0 spiro atoms. The maximum Gasteiger partial charge on any atom is 0.181 e. The highest BCUT2D eigenvalue weighted by molar-refractivity contribution is 7.98. The van der Waals surface area contributed by atoms with E-state index in [0.29, 0.717) is 5.65 Å². The minimum Gasteiger partial charge on any atom is -0.384 e. The van der Waals surface area contributed by atoms with E-state index in [2.05, 4.69) is 19.9 Å². The third kappa shape index (κ3) is 2.48. The predicted octanol–water partition coefficient (Wildman–Crippen LogP) is 1.93. The summed E-state index contributed by atoms with van der Waals surface area (Å²) < 4.78 is 0. The van der Waals surface area contributed by atoms with Crippen LogP contribution in [0.25, 0.3) is 11.2 Å². The molecule has 0 saturated carbocycles. The lowest BCUT2D eigenvalue weighted by Gasteiger charge is -2.03. The standard InChI is InChI=1S/C13H12N6S/c14-11(15)9-3-1-8(2-4-9)5-20-13-10-12(17-6-16-10)18-7-19-13/h1-4,6-7H,5H2,(H3,14,15)(H,16,17,18,19). The Balaban J connectivity index is 1.76. The van der Waals surface area contributed by atoms with Crippen molar-refractivity contribution in [2.75, 3.05) is 0 Å². The normalized spacial score (nSPS) is 10.8. The van der Waals surface area contributed by atoms with Crippen LogP contribution in [0.1, 0.15) is 11.1 Å². The van der Waals surface area contributed by atoms with E-state index in [1.54, 1.807) is 18.1 Å². The minimum absolute atomic E-state index is 0.0826. The van der Waals surface area contributed by atoms with Crippen LogP contribution in [0, 0.1) is 5.41 Å². The zero-order valence-electron chi connectivity index (χ0n) is 10.5. The quantitative estimate of drug-likeness (QED) is 0.294. The Hall–Kier alpha value is -2.41. The summed E-state index contributed by atoms with van der Waals surface area (Å²) in [5, 5.41) is 8.24. The van der Waals surface area contributed by atoms with Crippen LogP contribution in [-0.4, -0.2) is 25.8 Å². The predicted molar refractivity (Wildman–Crippen MR) is 78.7 cm³/mol. The van der Waals surface area contributed by atoms with E-state index in [-0.39, 0.29) is 5.84 Å². The molecule has 6 nitrogen and oxygen atoms in total. The number of thioether (sulfide) groups is 1. The van der Waals surface area contributed by atoms with E-state index in [1.807, 2.05) is 24.3 Å². The van der Waals surface area contributed by atoms with E-state index in [1.165, 1.54) is 6.33 Å². The summed E-state index contributed by atoms with van der Waals surface area (Å²) in [5.41, 5.74) is 8.84. The zero-order chi connectivity index (χ0) is 13.9. The smallest absolute Gasteiger partial charge is 0.181 e. The number of hydrogen-bond acceptors (Lipinski definition) is 5. The first-order valence-corrected chi connectivity index (χ1v) is 6.93. The summed E-state index contributed by atoms with van der Waals surface area (Å²) in [7, 11) is 0. The van der Waals surface area contributed by atoms with Crippen molar-refractivity contribution in [1.29, 1.82) is 5.41 Å². The number of hydrogen-bond donors (Lipinski definition) is 3. The van der Waals surface area contributed by atoms with Gasteiger partial charge in [-0.1, -0.05) is 36.0 Å². The molecule has 100 valence electrons. The monoisotopic (exact) mass is 284 g/mol. The molecule has 2 heterocycles. The minimum atomic E-state index is 0.0826. The van der Waals surface area contributed by atoms with Crippen molar-refractivity contribution >= 4 is 28.8 Å². The molecule has 1 aromatic carbocycles. The summed E-state index contributed by atoms with van der Waals surface area (Å²) in [4.78, 5) is 15.5. The van der Waals surface area contributed by atoms with Crippen molar-refractivity contribution in [1.82, 2.24) is 19.9 Å². The Morgan fingerprint density at radius 3 is 2.75 bits per heavy atom. The molecule has 2 aromatic heterocycles. The number of amidine groups is 1. The highest BCUT2D eigenvalue weighted by Crippen LogP contribution is 2.25. The van der Waals surface area contributed by atoms with Crippen molar-refractivity contribution in [2.45, 2.75) is 10.8 Å². The largest absolute Gasteiger partial charge is 0.384 e. The fourth-order valence-corrected chi connectivity index (χ4v) is 2.70. The Morgan fingerprint density at radius 2 is 2.00 bits per heavy atom. The molecule has 7 heteroatoms. The van der Waals surface area contributed by atoms with Crippen molar-refractivity contribution < 1.29 is 0 Å². The molecule has 0 saturated heterocycles. The Labute approximate surface area is 119 Å². The highest BCUT2D eigenvalue weighted by atomic mass is 32.2. The molecule has 0 bridgehead atoms. The topological polar surface area (TPSA) is 104 Å². The first kappa shape index (κ1) is 12.6. The van der Waals surface area contributed by atoms with Gasteiger partial charge in [-0.3, -0.25) is 5.41 Å². The van der Waals surface area contributed by atoms with Crippen LogP contribution in [-0.2, 0) is 5.75 Å². The molecule has 0 aliphatic carbocycles. The Morgan fingerprint density at radius 1 is 1.20 bits per heavy atom. The molecule has 20 heavy (non-hydrogen) atoms. The maximum atomic E-state index is 7.36. The van der Waals surface area contributed by atoms with Gasteiger partial charge < -0.3 is 10.7 Å². The van der Waals surface area contributed by atoms with Gasteiger partial charge in [0.1, 0.15) is 22.7 Å². The van der Waals surface area contributed by atoms with Crippen LogP contribution in [0.2, 0.25) is 0 Å². The van der Waals surface area contributed by atoms with Crippen molar-refractivity contribution in [2.24, 2.45) is 5.73 Å². The molecule has 0 atom stereocenters. The van der Waals surface area contributed by atoms with Gasteiger partial charge in [-0.25, -0.2) is 15.0 Å². The Bertz CT molecular complexity index is 749. The molecule has 0 amide bonds. The van der Waals surface area contributed by atoms with Gasteiger partial charge in [0.15, 0.2) is 5.65 Å². The van der Waals surface area contributed by atoms with Gasteiger partial charge in [-0.05, 0) is 5.56 Å². The molecule has 3 rings (SSSR count). The number of nitrogens with one attached hydrogen (secondary N) is 2. The number of rotatable bonds is 4. The van der Waals surface area contributed by atoms with Gasteiger partial charge in [0.25, 0.3) is 0 Å². The van der Waals surface area contributed by atoms with E-state index in [0.717, 1.165) is 27.4 Å². The van der Waals surface area contributed by atoms with E-state index in [4.69, 9.17) is 11.1 Å². The summed E-state index contributed by atoms with van der Waals surface area (Å²) >= 11 is 1.61. The molecule has 0 unspecified atom stereocenters. The van der Waals surface area contributed by atoms with E-state index in [9.17, 15) is 0 Å². The summed E-state index contributed by atoms with van der Waals surface area (Å²) in [6.07, 6.45) is 3.13. The van der Waals surface area contributed by atoms with Gasteiger partial charge in [-0.15, -0.1) is 0 Å². The van der Waals surface area contributed by atoms with Crippen LogP contribution < -0.4 is 5.73 Å². The average Bonchev–Trinajstić information content (AvgIpc) is 2.94. The SMILES string of the molecule is N=C(N)c1ccc(CSc2ncnc3nc[nH]c23)cc1. The third-order valence-corrected chi connectivity index (χ3v) is 3.89. The number of imidazole rings is 1. The molecule has 3 aromatic rings. The van der Waals surface area contributed by atoms with Crippen LogP contribution >= 0.6 is 11.8 Å². The van der Waals surface area contributed by atoms with Crippen LogP contribution in [0.15, 0.2) is 41.9 Å². The van der Waals surface area contributed by atoms with Gasteiger partial charge in [-0.2, -0.15) is 0 Å². The van der Waals surface area contributed by atoms with Gasteiger partial charge in [0, 0.05) is 11.3 Å². The Kier molecular flexibility index (Phi) is 3.34. The second kappa shape index (κ2) is 5.30. The number of nitrogens with two attached hydrogens (primary N) is 1. The molecule has 0 aliphatic heterocycles. The van der Waals surface area contributed by atoms with Crippen LogP contribution in [0.4, 0.5) is 0 Å². The number of nitrogen functional groups attached to an aromatic ring is 1. The number of benzene rings is 1. The molecular formula is C13H12N6S. The molecular weight excluding hydrogens is 272 g/mol. The van der Waals surface area contributed by atoms with Gasteiger partial charge in [0.05, 0.1) is 6.33 Å². The summed E-state index contributed by atoms with van der Waals surface area (Å²) in [5.74, 6) is 0.864. The van der Waals surface area contributed by atoms with E-state index >= 15 is 0 Å². The number of fused-ring (bicyclic) bond motifs is 1. The average molecular weight is 284 g/mol. The number of aromatic amines is 1. The fourth-order valence-electron chi connectivity index (χ4n) is 1.78. The van der Waals surface area contributed by atoms with Crippen LogP contribution in [0.3, 0.4) is 0 Å². The third-order valence-electron chi connectivity index (χ3n) is 2.83. The lowest BCUT2D eigenvalue weighted by atomic mass is 10.1. The fraction of sp³-hybridized carbons (Fsp3) is 0.0769. The second-order valence-corrected chi connectivity index (χ2v) is 5.14. The van der Waals surface area contributed by atoms with Crippen LogP contribution in [0.5, 0.6) is 0 Å². The zero-order valence-corrected chi connectivity index (χ0v) is 11.3. The number of nitrogens with zero attached hydrogens (tertiary/aromatic N) is 3. The number of aromatic nitrogens is 4. The first-order valence-electron chi connectivity index (χ1n) is 5.94. The van der Waals surface area contributed by atoms with Gasteiger partial charge in [0.2, 0.25) is 0 Å². The van der Waals surface area contributed by atoms with Crippen molar-refractivity contribution in [3.05, 3.63) is 48.0 Å². The lowest BCUT2D eigenvalue weighted by molar-refractivity contribution is 1.08. The lowest BCUT2D eigenvalue weighted by Crippen LogP contribution is -2.10. The number of H-pyrrole nitrogens is 1. The molecule has 4 N–H and O–H groups in total. The van der Waals surface area contributed by atoms with Crippen molar-refractivity contribution in [3.63, 3.8) is 0 Å². The summed E-state index contributed by atoms with van der Waals surface area (Å²) in [6, 6.07) is 7.64. The van der Waals surface area contributed by atoms with Gasteiger partial charge >= 0.3 is 0 Å². The maximum absolute atomic E-state index is 7.36. The van der Waals surface area contributed by atoms with Crippen molar-refractivity contribution in [3.8, 4) is 0 Å². The molecule has 0 aliphatic rings. The molecule has 0 fully saturated rings.